The third-order valence-corrected chi connectivity index (χ3v) is 6.60. The van der Waals surface area contributed by atoms with Crippen molar-refractivity contribution in [3.63, 3.8) is 0 Å². The number of carbonyl (C=O) groups is 2. The number of thioether (sulfide) groups is 1. The fourth-order valence-electron chi connectivity index (χ4n) is 3.10. The van der Waals surface area contributed by atoms with Crippen LogP contribution in [0.4, 0.5) is 5.69 Å². The number of hydrogen-bond donors (Lipinski definition) is 1. The summed E-state index contributed by atoms with van der Waals surface area (Å²) in [6, 6.07) is 15.6. The van der Waals surface area contributed by atoms with Gasteiger partial charge in [0.1, 0.15) is 4.32 Å². The van der Waals surface area contributed by atoms with Gasteiger partial charge in [0.25, 0.3) is 5.91 Å². The molecule has 2 amide bonds. The van der Waals surface area contributed by atoms with E-state index in [9.17, 15) is 9.59 Å². The van der Waals surface area contributed by atoms with E-state index in [1.54, 1.807) is 4.90 Å². The zero-order chi connectivity index (χ0) is 21.5. The van der Waals surface area contributed by atoms with E-state index in [1.165, 1.54) is 11.8 Å². The van der Waals surface area contributed by atoms with Crippen LogP contribution in [0, 0.1) is 6.92 Å². The molecule has 1 aliphatic rings. The Balaban J connectivity index is 1.42. The molecule has 156 valence electrons. The van der Waals surface area contributed by atoms with Gasteiger partial charge in [-0.25, -0.2) is 0 Å². The van der Waals surface area contributed by atoms with Crippen LogP contribution < -0.4 is 5.32 Å². The number of halogens is 1. The van der Waals surface area contributed by atoms with E-state index in [-0.39, 0.29) is 11.8 Å². The minimum Gasteiger partial charge on any atom is -0.326 e. The molecule has 0 aliphatic carbocycles. The number of nitrogens with one attached hydrogen (secondary N) is 1. The van der Waals surface area contributed by atoms with Crippen molar-refractivity contribution in [2.45, 2.75) is 32.6 Å². The molecule has 0 radical (unpaired) electrons. The molecule has 0 bridgehead atoms. The normalized spacial score (nSPS) is 15.1. The van der Waals surface area contributed by atoms with Gasteiger partial charge < -0.3 is 5.32 Å². The second-order valence-corrected chi connectivity index (χ2v) is 9.65. The van der Waals surface area contributed by atoms with Gasteiger partial charge in [-0.1, -0.05) is 76.7 Å². The van der Waals surface area contributed by atoms with E-state index in [4.69, 9.17) is 12.2 Å². The van der Waals surface area contributed by atoms with Gasteiger partial charge in [-0.2, -0.15) is 0 Å². The molecule has 0 atom stereocenters. The van der Waals surface area contributed by atoms with Crippen LogP contribution >= 0.6 is 39.9 Å². The first kappa shape index (κ1) is 22.7. The molecule has 2 aromatic rings. The largest absolute Gasteiger partial charge is 0.326 e. The number of hydrogen-bond acceptors (Lipinski definition) is 4. The third kappa shape index (κ3) is 6.27. The number of amides is 2. The molecule has 4 nitrogen and oxygen atoms in total. The molecule has 0 spiro atoms. The molecule has 0 saturated carbocycles. The van der Waals surface area contributed by atoms with Crippen molar-refractivity contribution in [2.24, 2.45) is 0 Å². The number of nitrogens with zero attached hydrogens (tertiary/aromatic N) is 1. The third-order valence-electron chi connectivity index (χ3n) is 4.72. The van der Waals surface area contributed by atoms with Gasteiger partial charge in [-0.15, -0.1) is 0 Å². The van der Waals surface area contributed by atoms with Crippen LogP contribution in [0.3, 0.4) is 0 Å². The minimum atomic E-state index is -0.0396. The summed E-state index contributed by atoms with van der Waals surface area (Å²) in [5.41, 5.74) is 2.87. The van der Waals surface area contributed by atoms with E-state index < -0.39 is 0 Å². The van der Waals surface area contributed by atoms with Crippen LogP contribution in [-0.4, -0.2) is 27.6 Å². The summed E-state index contributed by atoms with van der Waals surface area (Å²) in [5.74, 6) is -0.0193. The zero-order valence-electron chi connectivity index (χ0n) is 16.7. The summed E-state index contributed by atoms with van der Waals surface area (Å²) in [6.45, 7) is 2.56. The van der Waals surface area contributed by atoms with Crippen LogP contribution in [0.15, 0.2) is 57.9 Å². The highest BCUT2D eigenvalue weighted by Gasteiger charge is 2.31. The predicted molar refractivity (Wildman–Crippen MR) is 132 cm³/mol. The maximum absolute atomic E-state index is 12.7. The second-order valence-electron chi connectivity index (χ2n) is 7.06. The fraction of sp³-hybridized carbons (Fsp3) is 0.261. The Bertz CT molecular complexity index is 991. The molecule has 7 heteroatoms. The quantitative estimate of drug-likeness (QED) is 0.266. The fourth-order valence-corrected chi connectivity index (χ4v) is 4.82. The summed E-state index contributed by atoms with van der Waals surface area (Å²) in [6.07, 6.45) is 4.80. The Morgan fingerprint density at radius 2 is 1.97 bits per heavy atom. The lowest BCUT2D eigenvalue weighted by molar-refractivity contribution is -0.122. The standard InChI is InChI=1S/C23H23BrN2O2S2/c1-16-8-4-5-11-19(16)25-21(27)12-3-2-6-13-26-22(28)20(30-23(26)29)15-17-9-7-10-18(24)14-17/h4-5,7-11,14-15H,2-3,6,12-13H2,1H3,(H,25,27)/b20-15-. The number of rotatable bonds is 8. The number of carbonyl (C=O) groups excluding carboxylic acids is 2. The maximum Gasteiger partial charge on any atom is 0.266 e. The average Bonchev–Trinajstić information content (AvgIpc) is 2.96. The molecule has 1 N–H and O–H groups in total. The summed E-state index contributed by atoms with van der Waals surface area (Å²) < 4.78 is 1.57. The molecule has 1 heterocycles. The molecule has 0 unspecified atom stereocenters. The first-order valence-corrected chi connectivity index (χ1v) is 11.8. The highest BCUT2D eigenvalue weighted by Crippen LogP contribution is 2.33. The second kappa shape index (κ2) is 10.9. The van der Waals surface area contributed by atoms with Crippen LogP contribution in [0.2, 0.25) is 0 Å². The number of thiocarbonyl (C=S) groups is 1. The summed E-state index contributed by atoms with van der Waals surface area (Å²) in [5, 5.41) is 2.95. The SMILES string of the molecule is Cc1ccccc1NC(=O)CCCCCN1C(=O)/C(=C/c2cccc(Br)c2)SC1=S. The number of para-hydroxylation sites is 1. The Morgan fingerprint density at radius 3 is 2.73 bits per heavy atom. The van der Waals surface area contributed by atoms with E-state index in [1.807, 2.05) is 61.5 Å². The number of anilines is 1. The Morgan fingerprint density at radius 1 is 1.17 bits per heavy atom. The van der Waals surface area contributed by atoms with Crippen molar-refractivity contribution in [3.8, 4) is 0 Å². The summed E-state index contributed by atoms with van der Waals surface area (Å²) in [4.78, 5) is 27.1. The molecule has 2 aromatic carbocycles. The zero-order valence-corrected chi connectivity index (χ0v) is 19.9. The van der Waals surface area contributed by atoms with Gasteiger partial charge in [0.15, 0.2) is 0 Å². The molecule has 3 rings (SSSR count). The van der Waals surface area contributed by atoms with Crippen molar-refractivity contribution in [1.29, 1.82) is 0 Å². The van der Waals surface area contributed by atoms with Crippen LogP contribution in [0.25, 0.3) is 6.08 Å². The lowest BCUT2D eigenvalue weighted by Gasteiger charge is -2.14. The van der Waals surface area contributed by atoms with E-state index in [2.05, 4.69) is 21.2 Å². The van der Waals surface area contributed by atoms with Crippen LogP contribution in [0.1, 0.15) is 36.8 Å². The van der Waals surface area contributed by atoms with Crippen molar-refractivity contribution in [3.05, 3.63) is 69.0 Å². The number of unbranched alkanes of at least 4 members (excludes halogenated alkanes) is 2. The minimum absolute atomic E-state index is 0.0202. The highest BCUT2D eigenvalue weighted by atomic mass is 79.9. The highest BCUT2D eigenvalue weighted by molar-refractivity contribution is 9.10. The predicted octanol–water partition coefficient (Wildman–Crippen LogP) is 6.16. The maximum atomic E-state index is 12.7. The molecule has 1 saturated heterocycles. The average molecular weight is 503 g/mol. The lowest BCUT2D eigenvalue weighted by atomic mass is 10.1. The van der Waals surface area contributed by atoms with Crippen molar-refractivity contribution >= 4 is 67.8 Å². The van der Waals surface area contributed by atoms with Crippen molar-refractivity contribution < 1.29 is 9.59 Å². The van der Waals surface area contributed by atoms with Gasteiger partial charge in [0, 0.05) is 23.1 Å². The summed E-state index contributed by atoms with van der Waals surface area (Å²) >= 11 is 10.2. The van der Waals surface area contributed by atoms with Crippen LogP contribution in [-0.2, 0) is 9.59 Å². The first-order valence-electron chi connectivity index (χ1n) is 9.80. The van der Waals surface area contributed by atoms with Gasteiger partial charge in [-0.3, -0.25) is 14.5 Å². The van der Waals surface area contributed by atoms with Crippen molar-refractivity contribution in [1.82, 2.24) is 4.90 Å². The number of benzene rings is 2. The van der Waals surface area contributed by atoms with Crippen molar-refractivity contribution in [2.75, 3.05) is 11.9 Å². The van der Waals surface area contributed by atoms with E-state index >= 15 is 0 Å². The first-order chi connectivity index (χ1) is 14.4. The molecule has 1 fully saturated rings. The van der Waals surface area contributed by atoms with E-state index in [0.29, 0.717) is 22.2 Å². The molecule has 0 aromatic heterocycles. The van der Waals surface area contributed by atoms with E-state index in [0.717, 1.165) is 40.5 Å². The Labute approximate surface area is 195 Å². The Kier molecular flexibility index (Phi) is 8.24. The van der Waals surface area contributed by atoms with Gasteiger partial charge >= 0.3 is 0 Å². The molecule has 30 heavy (non-hydrogen) atoms. The lowest BCUT2D eigenvalue weighted by Crippen LogP contribution is -2.29. The van der Waals surface area contributed by atoms with Gasteiger partial charge in [0.05, 0.1) is 4.91 Å². The number of aryl methyl sites for hydroxylation is 1. The molecular weight excluding hydrogens is 480 g/mol. The van der Waals surface area contributed by atoms with Crippen LogP contribution in [0.5, 0.6) is 0 Å². The summed E-state index contributed by atoms with van der Waals surface area (Å²) in [7, 11) is 0. The Hall–Kier alpha value is -1.96. The van der Waals surface area contributed by atoms with Gasteiger partial charge in [-0.05, 0) is 55.2 Å². The molecular formula is C23H23BrN2O2S2. The van der Waals surface area contributed by atoms with Gasteiger partial charge in [0.2, 0.25) is 5.91 Å². The smallest absolute Gasteiger partial charge is 0.266 e. The topological polar surface area (TPSA) is 49.4 Å². The monoisotopic (exact) mass is 502 g/mol. The molecule has 1 aliphatic heterocycles.